The van der Waals surface area contributed by atoms with Gasteiger partial charge in [-0.1, -0.05) is 13.0 Å². The molecule has 126 valence electrons. The second-order valence-electron chi connectivity index (χ2n) is 6.01. The minimum atomic E-state index is -0.865. The summed E-state index contributed by atoms with van der Waals surface area (Å²) in [6.45, 7) is 5.21. The number of hydrogen-bond acceptors (Lipinski definition) is 4. The first-order valence-corrected chi connectivity index (χ1v) is 7.79. The van der Waals surface area contributed by atoms with Crippen molar-refractivity contribution in [2.24, 2.45) is 5.41 Å². The molecule has 7 heteroatoms. The number of nitrogens with one attached hydrogen (secondary N) is 1. The average molecular weight is 321 g/mol. The Morgan fingerprint density at radius 1 is 1.52 bits per heavy atom. The van der Waals surface area contributed by atoms with E-state index in [-0.39, 0.29) is 12.6 Å². The summed E-state index contributed by atoms with van der Waals surface area (Å²) in [6.07, 6.45) is 2.99. The van der Waals surface area contributed by atoms with Gasteiger partial charge in [0, 0.05) is 31.4 Å². The fourth-order valence-electron chi connectivity index (χ4n) is 2.48. The van der Waals surface area contributed by atoms with Gasteiger partial charge in [-0.2, -0.15) is 0 Å². The van der Waals surface area contributed by atoms with Crippen molar-refractivity contribution in [1.29, 1.82) is 0 Å². The van der Waals surface area contributed by atoms with E-state index in [1.807, 2.05) is 13.0 Å². The van der Waals surface area contributed by atoms with Crippen molar-refractivity contribution in [2.75, 3.05) is 19.7 Å². The number of aromatic nitrogens is 1. The lowest BCUT2D eigenvalue weighted by Crippen LogP contribution is -2.40. The molecule has 0 spiro atoms. The molecule has 23 heavy (non-hydrogen) atoms. The first-order chi connectivity index (χ1) is 11.0. The second-order valence-corrected chi connectivity index (χ2v) is 6.01. The lowest BCUT2D eigenvalue weighted by Gasteiger charge is -2.20. The summed E-state index contributed by atoms with van der Waals surface area (Å²) < 4.78 is 5.55. The summed E-state index contributed by atoms with van der Waals surface area (Å²) in [5.74, 6) is -0.346. The summed E-state index contributed by atoms with van der Waals surface area (Å²) in [5.41, 5.74) is -0.0596. The number of aliphatic carboxylic acids is 1. The third-order valence-electron chi connectivity index (χ3n) is 4.00. The van der Waals surface area contributed by atoms with Crippen LogP contribution in [0.5, 0.6) is 5.88 Å². The van der Waals surface area contributed by atoms with E-state index in [1.54, 1.807) is 19.2 Å². The monoisotopic (exact) mass is 321 g/mol. The van der Waals surface area contributed by atoms with Gasteiger partial charge in [-0.05, 0) is 25.8 Å². The standard InChI is InChI=1S/C16H23N3O4/c1-3-9-23-13-12(5-4-7-17-13)10-18-15(22)19-8-6-16(2,11-19)14(20)21/h4-5,7H,3,6,8-11H2,1-2H3,(H,18,22)(H,20,21). The average Bonchev–Trinajstić information content (AvgIpc) is 2.95. The van der Waals surface area contributed by atoms with Crippen molar-refractivity contribution in [2.45, 2.75) is 33.2 Å². The van der Waals surface area contributed by atoms with Gasteiger partial charge < -0.3 is 20.1 Å². The van der Waals surface area contributed by atoms with Crippen LogP contribution < -0.4 is 10.1 Å². The quantitative estimate of drug-likeness (QED) is 0.834. The van der Waals surface area contributed by atoms with Crippen molar-refractivity contribution in [1.82, 2.24) is 15.2 Å². The zero-order chi connectivity index (χ0) is 16.9. The van der Waals surface area contributed by atoms with Crippen LogP contribution in [-0.4, -0.2) is 46.7 Å². The lowest BCUT2D eigenvalue weighted by molar-refractivity contribution is -0.147. The predicted molar refractivity (Wildman–Crippen MR) is 84.2 cm³/mol. The highest BCUT2D eigenvalue weighted by Gasteiger charge is 2.42. The molecule has 1 aliphatic rings. The van der Waals surface area contributed by atoms with E-state index < -0.39 is 11.4 Å². The molecule has 0 saturated carbocycles. The van der Waals surface area contributed by atoms with E-state index in [0.29, 0.717) is 32.0 Å². The minimum Gasteiger partial charge on any atom is -0.481 e. The molecule has 0 aliphatic carbocycles. The molecule has 2 heterocycles. The highest BCUT2D eigenvalue weighted by atomic mass is 16.5. The van der Waals surface area contributed by atoms with Gasteiger partial charge in [-0.15, -0.1) is 0 Å². The van der Waals surface area contributed by atoms with E-state index >= 15 is 0 Å². The van der Waals surface area contributed by atoms with E-state index in [0.717, 1.165) is 12.0 Å². The Balaban J connectivity index is 1.92. The molecule has 0 aromatic carbocycles. The highest BCUT2D eigenvalue weighted by Crippen LogP contribution is 2.30. The first kappa shape index (κ1) is 17.1. The molecule has 2 amide bonds. The Morgan fingerprint density at radius 2 is 2.30 bits per heavy atom. The van der Waals surface area contributed by atoms with Crippen LogP contribution in [0.4, 0.5) is 4.79 Å². The molecule has 1 aliphatic heterocycles. The maximum absolute atomic E-state index is 12.2. The number of carbonyl (C=O) groups excluding carboxylic acids is 1. The summed E-state index contributed by atoms with van der Waals surface area (Å²) in [5, 5.41) is 12.0. The number of pyridine rings is 1. The third-order valence-corrected chi connectivity index (χ3v) is 4.00. The molecule has 1 aromatic rings. The maximum atomic E-state index is 12.2. The van der Waals surface area contributed by atoms with Crippen LogP contribution in [0.3, 0.4) is 0 Å². The summed E-state index contributed by atoms with van der Waals surface area (Å²) >= 11 is 0. The van der Waals surface area contributed by atoms with Crippen molar-refractivity contribution in [3.05, 3.63) is 23.9 Å². The Kier molecular flexibility index (Phi) is 5.41. The van der Waals surface area contributed by atoms with Crippen LogP contribution in [0.15, 0.2) is 18.3 Å². The summed E-state index contributed by atoms with van der Waals surface area (Å²) in [7, 11) is 0. The molecule has 0 radical (unpaired) electrons. The van der Waals surface area contributed by atoms with Gasteiger partial charge in [0.1, 0.15) is 0 Å². The molecule has 1 aromatic heterocycles. The zero-order valence-corrected chi connectivity index (χ0v) is 13.5. The normalized spacial score (nSPS) is 20.3. The van der Waals surface area contributed by atoms with E-state index in [4.69, 9.17) is 4.74 Å². The number of nitrogens with zero attached hydrogens (tertiary/aromatic N) is 2. The molecule has 7 nitrogen and oxygen atoms in total. The Hall–Kier alpha value is -2.31. The van der Waals surface area contributed by atoms with Gasteiger partial charge in [0.25, 0.3) is 0 Å². The zero-order valence-electron chi connectivity index (χ0n) is 13.5. The second kappa shape index (κ2) is 7.30. The number of hydrogen-bond donors (Lipinski definition) is 2. The van der Waals surface area contributed by atoms with E-state index in [9.17, 15) is 14.7 Å². The van der Waals surface area contributed by atoms with Crippen molar-refractivity contribution < 1.29 is 19.4 Å². The number of ether oxygens (including phenoxy) is 1. The first-order valence-electron chi connectivity index (χ1n) is 7.79. The number of urea groups is 1. The molecule has 1 unspecified atom stereocenters. The smallest absolute Gasteiger partial charge is 0.317 e. The maximum Gasteiger partial charge on any atom is 0.317 e. The fourth-order valence-corrected chi connectivity index (χ4v) is 2.48. The molecule has 2 rings (SSSR count). The topological polar surface area (TPSA) is 91.8 Å². The Labute approximate surface area is 135 Å². The fraction of sp³-hybridized carbons (Fsp3) is 0.562. The number of carboxylic acid groups (broad SMARTS) is 1. The molecule has 2 N–H and O–H groups in total. The van der Waals surface area contributed by atoms with Crippen molar-refractivity contribution in [3.63, 3.8) is 0 Å². The van der Waals surface area contributed by atoms with Crippen LogP contribution in [0.25, 0.3) is 0 Å². The van der Waals surface area contributed by atoms with Crippen LogP contribution in [0.2, 0.25) is 0 Å². The molecule has 1 saturated heterocycles. The van der Waals surface area contributed by atoms with Gasteiger partial charge in [0.15, 0.2) is 0 Å². The van der Waals surface area contributed by atoms with Crippen LogP contribution >= 0.6 is 0 Å². The predicted octanol–water partition coefficient (Wildman–Crippen LogP) is 1.88. The SMILES string of the molecule is CCCOc1ncccc1CNC(=O)N1CCC(C)(C(=O)O)C1. The van der Waals surface area contributed by atoms with E-state index in [2.05, 4.69) is 10.3 Å². The summed E-state index contributed by atoms with van der Waals surface area (Å²) in [4.78, 5) is 29.2. The van der Waals surface area contributed by atoms with Gasteiger partial charge >= 0.3 is 12.0 Å². The number of carbonyl (C=O) groups is 2. The number of rotatable bonds is 6. The van der Waals surface area contributed by atoms with Crippen molar-refractivity contribution in [3.8, 4) is 5.88 Å². The van der Waals surface area contributed by atoms with Crippen LogP contribution in [0.1, 0.15) is 32.3 Å². The van der Waals surface area contributed by atoms with Gasteiger partial charge in [0.2, 0.25) is 5.88 Å². The minimum absolute atomic E-state index is 0.223. The third kappa shape index (κ3) is 4.12. The van der Waals surface area contributed by atoms with Crippen LogP contribution in [0, 0.1) is 5.41 Å². The number of likely N-dealkylation sites (tertiary alicyclic amines) is 1. The van der Waals surface area contributed by atoms with Crippen molar-refractivity contribution >= 4 is 12.0 Å². The lowest BCUT2D eigenvalue weighted by atomic mass is 9.90. The Morgan fingerprint density at radius 3 is 2.96 bits per heavy atom. The Bertz CT molecular complexity index is 578. The van der Waals surface area contributed by atoms with E-state index in [1.165, 1.54) is 4.90 Å². The highest BCUT2D eigenvalue weighted by molar-refractivity contribution is 5.79. The van der Waals surface area contributed by atoms with Gasteiger partial charge in [-0.3, -0.25) is 4.79 Å². The molecular formula is C16H23N3O4. The molecular weight excluding hydrogens is 298 g/mol. The van der Waals surface area contributed by atoms with Gasteiger partial charge in [-0.25, -0.2) is 9.78 Å². The largest absolute Gasteiger partial charge is 0.481 e. The number of amides is 2. The molecule has 1 fully saturated rings. The van der Waals surface area contributed by atoms with Crippen LogP contribution in [-0.2, 0) is 11.3 Å². The molecule has 1 atom stereocenters. The van der Waals surface area contributed by atoms with Gasteiger partial charge in [0.05, 0.1) is 12.0 Å². The number of carboxylic acids is 1. The summed E-state index contributed by atoms with van der Waals surface area (Å²) in [6, 6.07) is 3.38. The molecule has 0 bridgehead atoms.